The number of hydrogen-bond donors (Lipinski definition) is 1. The topological polar surface area (TPSA) is 28.2 Å². The SMILES string of the molecule is C[C@H](CN1CC=C(c2cccs2)CC1)Nc1ccccn1. The Morgan fingerprint density at radius 2 is 2.29 bits per heavy atom. The molecule has 1 atom stereocenters. The van der Waals surface area contributed by atoms with Crippen LogP contribution in [0.1, 0.15) is 18.2 Å². The van der Waals surface area contributed by atoms with Gasteiger partial charge in [-0.2, -0.15) is 0 Å². The molecule has 3 heterocycles. The summed E-state index contributed by atoms with van der Waals surface area (Å²) in [5.41, 5.74) is 1.51. The lowest BCUT2D eigenvalue weighted by molar-refractivity contribution is 0.293. The van der Waals surface area contributed by atoms with Crippen molar-refractivity contribution in [1.29, 1.82) is 0 Å². The van der Waals surface area contributed by atoms with Crippen LogP contribution in [0, 0.1) is 0 Å². The van der Waals surface area contributed by atoms with Crippen LogP contribution >= 0.6 is 11.3 Å². The number of nitrogens with one attached hydrogen (secondary N) is 1. The average molecular weight is 299 g/mol. The van der Waals surface area contributed by atoms with E-state index in [0.717, 1.165) is 31.9 Å². The van der Waals surface area contributed by atoms with Gasteiger partial charge in [0.15, 0.2) is 0 Å². The van der Waals surface area contributed by atoms with Gasteiger partial charge in [-0.15, -0.1) is 11.3 Å². The fourth-order valence-corrected chi connectivity index (χ4v) is 3.49. The van der Waals surface area contributed by atoms with Crippen LogP contribution in [0.2, 0.25) is 0 Å². The molecule has 0 saturated heterocycles. The number of hydrogen-bond acceptors (Lipinski definition) is 4. The maximum Gasteiger partial charge on any atom is 0.126 e. The van der Waals surface area contributed by atoms with Crippen molar-refractivity contribution in [3.05, 3.63) is 52.9 Å². The summed E-state index contributed by atoms with van der Waals surface area (Å²) in [6, 6.07) is 10.7. The van der Waals surface area contributed by atoms with Crippen LogP contribution in [0.3, 0.4) is 0 Å². The molecule has 0 aliphatic carbocycles. The van der Waals surface area contributed by atoms with Crippen molar-refractivity contribution in [3.63, 3.8) is 0 Å². The summed E-state index contributed by atoms with van der Waals surface area (Å²) in [6.07, 6.45) is 5.35. The summed E-state index contributed by atoms with van der Waals surface area (Å²) in [6.45, 7) is 5.44. The van der Waals surface area contributed by atoms with Gasteiger partial charge in [-0.1, -0.05) is 18.2 Å². The predicted octanol–water partition coefficient (Wildman–Crippen LogP) is 3.73. The minimum absolute atomic E-state index is 0.400. The van der Waals surface area contributed by atoms with E-state index in [-0.39, 0.29) is 0 Å². The second-order valence-electron chi connectivity index (χ2n) is 5.48. The minimum atomic E-state index is 0.400. The van der Waals surface area contributed by atoms with Crippen LogP contribution < -0.4 is 5.32 Å². The van der Waals surface area contributed by atoms with Crippen LogP contribution in [0.25, 0.3) is 5.57 Å². The van der Waals surface area contributed by atoms with E-state index in [2.05, 4.69) is 45.7 Å². The highest BCUT2D eigenvalue weighted by molar-refractivity contribution is 7.11. The molecule has 1 N–H and O–H groups in total. The van der Waals surface area contributed by atoms with Gasteiger partial charge in [-0.25, -0.2) is 4.98 Å². The summed E-state index contributed by atoms with van der Waals surface area (Å²) in [5.74, 6) is 0.955. The second-order valence-corrected chi connectivity index (χ2v) is 6.42. The van der Waals surface area contributed by atoms with Gasteiger partial charge in [0.05, 0.1) is 0 Å². The van der Waals surface area contributed by atoms with Crippen molar-refractivity contribution in [2.75, 3.05) is 25.0 Å². The first-order valence-electron chi connectivity index (χ1n) is 7.44. The summed E-state index contributed by atoms with van der Waals surface area (Å²) < 4.78 is 0. The van der Waals surface area contributed by atoms with Gasteiger partial charge in [0.1, 0.15) is 5.82 Å². The molecule has 3 nitrogen and oxygen atoms in total. The Bertz CT molecular complexity index is 577. The predicted molar refractivity (Wildman–Crippen MR) is 90.7 cm³/mol. The Hall–Kier alpha value is -1.65. The zero-order chi connectivity index (χ0) is 14.5. The molecule has 21 heavy (non-hydrogen) atoms. The monoisotopic (exact) mass is 299 g/mol. The van der Waals surface area contributed by atoms with E-state index in [4.69, 9.17) is 0 Å². The van der Waals surface area contributed by atoms with Crippen LogP contribution in [0.5, 0.6) is 0 Å². The van der Waals surface area contributed by atoms with E-state index in [0.29, 0.717) is 6.04 Å². The van der Waals surface area contributed by atoms with E-state index in [1.165, 1.54) is 10.5 Å². The van der Waals surface area contributed by atoms with Crippen molar-refractivity contribution in [3.8, 4) is 0 Å². The largest absolute Gasteiger partial charge is 0.366 e. The molecule has 0 spiro atoms. The molecule has 0 radical (unpaired) electrons. The number of aromatic nitrogens is 1. The van der Waals surface area contributed by atoms with Crippen molar-refractivity contribution in [2.24, 2.45) is 0 Å². The van der Waals surface area contributed by atoms with E-state index >= 15 is 0 Å². The third-order valence-corrected chi connectivity index (χ3v) is 4.67. The number of rotatable bonds is 5. The van der Waals surface area contributed by atoms with Gasteiger partial charge in [-0.3, -0.25) is 4.90 Å². The molecule has 0 unspecified atom stereocenters. The highest BCUT2D eigenvalue weighted by Crippen LogP contribution is 2.26. The summed E-state index contributed by atoms with van der Waals surface area (Å²) in [4.78, 5) is 8.24. The number of pyridine rings is 1. The quantitative estimate of drug-likeness (QED) is 0.912. The molecule has 4 heteroatoms. The standard InChI is InChI=1S/C17H21N3S/c1-14(19-17-6-2-3-9-18-17)13-20-10-7-15(8-11-20)16-5-4-12-21-16/h2-7,9,12,14H,8,10-11,13H2,1H3,(H,18,19)/t14-/m1/s1. The fourth-order valence-electron chi connectivity index (χ4n) is 2.70. The Balaban J connectivity index is 1.51. The van der Waals surface area contributed by atoms with Gasteiger partial charge in [0.2, 0.25) is 0 Å². The number of thiophene rings is 1. The molecule has 0 bridgehead atoms. The lowest BCUT2D eigenvalue weighted by Crippen LogP contribution is -2.37. The normalized spacial score (nSPS) is 17.3. The zero-order valence-electron chi connectivity index (χ0n) is 12.3. The average Bonchev–Trinajstić information content (AvgIpc) is 3.03. The maximum atomic E-state index is 4.32. The second kappa shape index (κ2) is 6.87. The van der Waals surface area contributed by atoms with Gasteiger partial charge in [-0.05, 0) is 42.5 Å². The molecule has 0 aromatic carbocycles. The highest BCUT2D eigenvalue weighted by atomic mass is 32.1. The zero-order valence-corrected chi connectivity index (χ0v) is 13.1. The molecule has 0 fully saturated rings. The molecule has 1 aliphatic heterocycles. The van der Waals surface area contributed by atoms with Crippen molar-refractivity contribution < 1.29 is 0 Å². The highest BCUT2D eigenvalue weighted by Gasteiger charge is 2.15. The van der Waals surface area contributed by atoms with Gasteiger partial charge in [0, 0.05) is 36.8 Å². The van der Waals surface area contributed by atoms with Crippen molar-refractivity contribution in [1.82, 2.24) is 9.88 Å². The molecule has 110 valence electrons. The van der Waals surface area contributed by atoms with E-state index in [1.54, 1.807) is 0 Å². The van der Waals surface area contributed by atoms with E-state index < -0.39 is 0 Å². The lowest BCUT2D eigenvalue weighted by atomic mass is 10.1. The minimum Gasteiger partial charge on any atom is -0.366 e. The molecular weight excluding hydrogens is 278 g/mol. The third-order valence-electron chi connectivity index (χ3n) is 3.72. The fraction of sp³-hybridized carbons (Fsp3) is 0.353. The van der Waals surface area contributed by atoms with E-state index in [1.807, 2.05) is 35.7 Å². The van der Waals surface area contributed by atoms with E-state index in [9.17, 15) is 0 Å². The molecule has 3 rings (SSSR count). The molecule has 0 amide bonds. The summed E-state index contributed by atoms with van der Waals surface area (Å²) in [5, 5.41) is 5.61. The van der Waals surface area contributed by atoms with Crippen LogP contribution in [0.4, 0.5) is 5.82 Å². The molecule has 2 aromatic heterocycles. The van der Waals surface area contributed by atoms with Gasteiger partial charge < -0.3 is 5.32 Å². The maximum absolute atomic E-state index is 4.32. The van der Waals surface area contributed by atoms with Crippen molar-refractivity contribution >= 4 is 22.7 Å². The molecule has 2 aromatic rings. The Morgan fingerprint density at radius 1 is 1.33 bits per heavy atom. The molecule has 1 aliphatic rings. The molecular formula is C17H21N3S. The summed E-state index contributed by atoms with van der Waals surface area (Å²) >= 11 is 1.84. The first kappa shape index (κ1) is 14.3. The summed E-state index contributed by atoms with van der Waals surface area (Å²) in [7, 11) is 0. The van der Waals surface area contributed by atoms with Crippen LogP contribution in [-0.2, 0) is 0 Å². The van der Waals surface area contributed by atoms with Crippen molar-refractivity contribution in [2.45, 2.75) is 19.4 Å². The first-order chi connectivity index (χ1) is 10.3. The van der Waals surface area contributed by atoms with Crippen LogP contribution in [0.15, 0.2) is 48.0 Å². The molecule has 0 saturated carbocycles. The Morgan fingerprint density at radius 3 is 2.95 bits per heavy atom. The van der Waals surface area contributed by atoms with Gasteiger partial charge in [0.25, 0.3) is 0 Å². The van der Waals surface area contributed by atoms with Gasteiger partial charge >= 0.3 is 0 Å². The first-order valence-corrected chi connectivity index (χ1v) is 8.32. The Kier molecular flexibility index (Phi) is 4.68. The number of anilines is 1. The number of nitrogens with zero attached hydrogens (tertiary/aromatic N) is 2. The van der Waals surface area contributed by atoms with Crippen LogP contribution in [-0.4, -0.2) is 35.6 Å². The third kappa shape index (κ3) is 3.93. The lowest BCUT2D eigenvalue weighted by Gasteiger charge is -2.29. The Labute approximate surface area is 130 Å². The smallest absolute Gasteiger partial charge is 0.126 e.